The van der Waals surface area contributed by atoms with Gasteiger partial charge in [0.2, 0.25) is 0 Å². The van der Waals surface area contributed by atoms with Gasteiger partial charge in [0.25, 0.3) is 17.7 Å². The van der Waals surface area contributed by atoms with Crippen LogP contribution < -0.4 is 14.7 Å². The van der Waals surface area contributed by atoms with Crippen molar-refractivity contribution in [3.63, 3.8) is 0 Å². The van der Waals surface area contributed by atoms with Crippen molar-refractivity contribution in [3.8, 4) is 0 Å². The lowest BCUT2D eigenvalue weighted by Crippen LogP contribution is -2.50. The van der Waals surface area contributed by atoms with E-state index < -0.39 is 0 Å². The maximum atomic E-state index is 12.8. The molecule has 0 bridgehead atoms. The smallest absolute Gasteiger partial charge is 0.254 e. The Bertz CT molecular complexity index is 2110. The van der Waals surface area contributed by atoms with E-state index in [4.69, 9.17) is 0 Å². The van der Waals surface area contributed by atoms with Crippen LogP contribution in [0.3, 0.4) is 0 Å². The Morgan fingerprint density at radius 3 is 0.938 bits per heavy atom. The number of amides is 3. The number of carbonyl (C=O) groups is 3. The van der Waals surface area contributed by atoms with Crippen LogP contribution in [0.4, 0.5) is 17.1 Å². The number of hydrogen-bond donors (Lipinski definition) is 0. The molecule has 0 saturated carbocycles. The highest BCUT2D eigenvalue weighted by Gasteiger charge is 2.36. The molecule has 6 aliphatic rings. The summed E-state index contributed by atoms with van der Waals surface area (Å²) in [5, 5.41) is 0. The van der Waals surface area contributed by atoms with Crippen LogP contribution in [-0.2, 0) is 19.3 Å². The van der Waals surface area contributed by atoms with Crippen molar-refractivity contribution in [1.29, 1.82) is 0 Å². The van der Waals surface area contributed by atoms with Crippen LogP contribution >= 0.6 is 0 Å². The molecule has 3 saturated heterocycles. The van der Waals surface area contributed by atoms with E-state index in [1.54, 1.807) is 0 Å². The summed E-state index contributed by atoms with van der Waals surface area (Å²) < 4.78 is 0. The summed E-state index contributed by atoms with van der Waals surface area (Å²) in [6.07, 6.45) is 9.33. The Labute approximate surface area is 394 Å². The van der Waals surface area contributed by atoms with Crippen LogP contribution in [-0.4, -0.2) is 133 Å². The molecule has 3 amide bonds. The zero-order valence-electron chi connectivity index (χ0n) is 40.5. The van der Waals surface area contributed by atoms with E-state index in [9.17, 15) is 14.4 Å². The molecule has 3 aromatic rings. The van der Waals surface area contributed by atoms with Gasteiger partial charge in [-0.15, -0.1) is 0 Å². The normalized spacial score (nSPS) is 19.2. The Morgan fingerprint density at radius 1 is 0.369 bits per heavy atom. The van der Waals surface area contributed by atoms with E-state index in [1.165, 1.54) is 65.9 Å². The summed E-state index contributed by atoms with van der Waals surface area (Å²) in [6, 6.07) is 18.7. The molecule has 9 rings (SSSR count). The molecular formula is C55H85N7O3. The Morgan fingerprint density at radius 2 is 0.646 bits per heavy atom. The molecule has 0 atom stereocenters. The Hall–Kier alpha value is -4.57. The van der Waals surface area contributed by atoms with Gasteiger partial charge in [-0.25, -0.2) is 0 Å². The first-order valence-electron chi connectivity index (χ1n) is 24.1. The average molecular weight is 892 g/mol. The quantitative estimate of drug-likeness (QED) is 0.259. The van der Waals surface area contributed by atoms with Crippen molar-refractivity contribution in [2.45, 2.75) is 145 Å². The summed E-state index contributed by atoms with van der Waals surface area (Å²) in [6.45, 7) is 30.3. The predicted molar refractivity (Wildman–Crippen MR) is 273 cm³/mol. The van der Waals surface area contributed by atoms with Crippen molar-refractivity contribution < 1.29 is 14.4 Å². The van der Waals surface area contributed by atoms with Crippen LogP contribution in [0, 0.1) is 0 Å². The predicted octanol–water partition coefficient (Wildman–Crippen LogP) is 10.1. The minimum absolute atomic E-state index is 0. The van der Waals surface area contributed by atoms with Crippen molar-refractivity contribution >= 4 is 34.8 Å². The second-order valence-electron chi connectivity index (χ2n) is 21.6. The maximum Gasteiger partial charge on any atom is 0.254 e. The van der Waals surface area contributed by atoms with E-state index in [1.807, 2.05) is 51.1 Å². The zero-order chi connectivity index (χ0) is 45.3. The summed E-state index contributed by atoms with van der Waals surface area (Å²) in [7, 11) is 2.17. The first-order valence-corrected chi connectivity index (χ1v) is 24.1. The number of benzene rings is 3. The molecule has 358 valence electrons. The molecule has 0 unspecified atom stereocenters. The lowest BCUT2D eigenvalue weighted by Gasteiger charge is -2.41. The first kappa shape index (κ1) is 51.4. The number of carbonyl (C=O) groups excluding carboxylic acids is 3. The van der Waals surface area contributed by atoms with Crippen LogP contribution in [0.1, 0.15) is 157 Å². The van der Waals surface area contributed by atoms with Gasteiger partial charge >= 0.3 is 0 Å². The van der Waals surface area contributed by atoms with Crippen LogP contribution in [0.5, 0.6) is 0 Å². The highest BCUT2D eigenvalue weighted by Crippen LogP contribution is 2.36. The number of hydrogen-bond acceptors (Lipinski definition) is 7. The summed E-state index contributed by atoms with van der Waals surface area (Å²) >= 11 is 0. The molecule has 0 aromatic heterocycles. The molecule has 10 nitrogen and oxygen atoms in total. The second kappa shape index (κ2) is 20.9. The third-order valence-corrected chi connectivity index (χ3v) is 14.1. The molecule has 10 heteroatoms. The van der Waals surface area contributed by atoms with E-state index in [0.29, 0.717) is 0 Å². The lowest BCUT2D eigenvalue weighted by atomic mass is 9.92. The molecule has 0 aliphatic carbocycles. The highest BCUT2D eigenvalue weighted by atomic mass is 16.2. The average Bonchev–Trinajstić information content (AvgIpc) is 3.79. The van der Waals surface area contributed by atoms with Gasteiger partial charge in [0.1, 0.15) is 0 Å². The molecule has 65 heavy (non-hydrogen) atoms. The highest BCUT2D eigenvalue weighted by molar-refractivity contribution is 6.00. The first-order chi connectivity index (χ1) is 29.8. The Kier molecular flexibility index (Phi) is 16.6. The molecule has 0 radical (unpaired) electrons. The number of fused-ring (bicyclic) bond motifs is 3. The zero-order valence-corrected chi connectivity index (χ0v) is 40.5. The lowest BCUT2D eigenvalue weighted by molar-refractivity contribution is 0.0552. The molecule has 0 spiro atoms. The van der Waals surface area contributed by atoms with Crippen LogP contribution in [0.25, 0.3) is 0 Å². The molecular weight excluding hydrogens is 807 g/mol. The van der Waals surface area contributed by atoms with Gasteiger partial charge in [-0.1, -0.05) is 33.1 Å². The van der Waals surface area contributed by atoms with Gasteiger partial charge in [-0.3, -0.25) is 14.4 Å². The topological polar surface area (TPSA) is 73.9 Å². The van der Waals surface area contributed by atoms with Crippen molar-refractivity contribution in [3.05, 3.63) is 88.0 Å². The number of anilines is 3. The number of piperazine rings is 1. The molecule has 3 aromatic carbocycles. The fourth-order valence-electron chi connectivity index (χ4n) is 10.5. The number of rotatable bonds is 3. The second-order valence-corrected chi connectivity index (χ2v) is 21.6. The fraction of sp³-hybridized carbons (Fsp3) is 0.618. The van der Waals surface area contributed by atoms with E-state index in [0.717, 1.165) is 108 Å². The third kappa shape index (κ3) is 11.3. The number of likely N-dealkylation sites (N-methyl/N-ethyl adjacent to an activating group) is 1. The number of piperidine rings is 1. The van der Waals surface area contributed by atoms with E-state index >= 15 is 0 Å². The monoisotopic (exact) mass is 892 g/mol. The van der Waals surface area contributed by atoms with E-state index in [2.05, 4.69) is 107 Å². The van der Waals surface area contributed by atoms with Crippen molar-refractivity contribution in [1.82, 2.24) is 19.6 Å². The SMILES string of the molecule is C.C.CC(C)(C)N1CCc2c(cccc2N2CCCC2)C1=O.CC(C)(C)N1CCc2c(cccc2N2CCCCC2)C1=O.CN1CCN(c2cccc3c2CCN(C(C)(C)C)C3=O)CC1. The fourth-order valence-corrected chi connectivity index (χ4v) is 10.5. The van der Waals surface area contributed by atoms with Gasteiger partial charge in [0, 0.05) is 122 Å². The van der Waals surface area contributed by atoms with Crippen molar-refractivity contribution in [2.24, 2.45) is 0 Å². The van der Waals surface area contributed by atoms with Gasteiger partial charge < -0.3 is 34.3 Å². The number of nitrogens with zero attached hydrogens (tertiary/aromatic N) is 7. The Balaban J connectivity index is 0.000000181. The molecule has 3 fully saturated rings. The summed E-state index contributed by atoms with van der Waals surface area (Å²) in [5.74, 6) is 0.576. The van der Waals surface area contributed by atoms with Crippen LogP contribution in [0.15, 0.2) is 54.6 Å². The van der Waals surface area contributed by atoms with E-state index in [-0.39, 0.29) is 49.2 Å². The molecule has 0 N–H and O–H groups in total. The van der Waals surface area contributed by atoms with Gasteiger partial charge in [0.15, 0.2) is 0 Å². The minimum Gasteiger partial charge on any atom is -0.371 e. The van der Waals surface area contributed by atoms with Gasteiger partial charge in [0.05, 0.1) is 0 Å². The molecule has 6 aliphatic heterocycles. The third-order valence-electron chi connectivity index (χ3n) is 14.1. The van der Waals surface area contributed by atoms with Gasteiger partial charge in [-0.05, 0) is 174 Å². The maximum absolute atomic E-state index is 12.8. The minimum atomic E-state index is -0.112. The standard InChI is InChI=1S/C18H27N3O.C18H26N2O.C17H24N2O.2CH4/c1-18(2,3)21-9-8-14-15(17(21)22)6-5-7-16(14)20-12-10-19(4)11-13-20;1-18(2,3)20-13-10-14-15(17(20)21)8-7-9-16(14)19-11-5-4-6-12-19;1-17(2,3)19-12-9-13-14(16(19)20)7-6-8-15(13)18-10-4-5-11-18;;/h5-7H,8-13H2,1-4H3;7-9H,4-6,10-13H2,1-3H3;6-8H,4-5,9-12H2,1-3H3;2*1H4. The van der Waals surface area contributed by atoms with Crippen LogP contribution in [0.2, 0.25) is 0 Å². The summed E-state index contributed by atoms with van der Waals surface area (Å²) in [4.78, 5) is 54.1. The summed E-state index contributed by atoms with van der Waals surface area (Å²) in [5.41, 5.74) is 10.1. The van der Waals surface area contributed by atoms with Crippen molar-refractivity contribution in [2.75, 3.05) is 93.7 Å². The van der Waals surface area contributed by atoms with Gasteiger partial charge in [-0.2, -0.15) is 0 Å². The largest absolute Gasteiger partial charge is 0.371 e. The molecule has 6 heterocycles.